The maximum Gasteiger partial charge on any atom is 0.311 e. The van der Waals surface area contributed by atoms with E-state index in [1.807, 2.05) is 6.26 Å². The monoisotopic (exact) mass is 298 g/mol. The van der Waals surface area contributed by atoms with Gasteiger partial charge in [-0.2, -0.15) is 11.8 Å². The highest BCUT2D eigenvalue weighted by Crippen LogP contribution is 2.27. The summed E-state index contributed by atoms with van der Waals surface area (Å²) in [5, 5.41) is 17.3. The van der Waals surface area contributed by atoms with Gasteiger partial charge in [-0.15, -0.1) is 0 Å². The van der Waals surface area contributed by atoms with E-state index in [0.29, 0.717) is 18.2 Å². The largest absolute Gasteiger partial charge is 0.370 e. The molecule has 0 aliphatic rings. The Balaban J connectivity index is 2.91. The molecule has 1 rings (SSSR count). The van der Waals surface area contributed by atoms with Gasteiger partial charge in [-0.3, -0.25) is 10.1 Å². The lowest BCUT2D eigenvalue weighted by atomic mass is 10.2. The first-order valence-electron chi connectivity index (χ1n) is 6.58. The summed E-state index contributed by atoms with van der Waals surface area (Å²) in [5.41, 5.74) is 0.00366. The van der Waals surface area contributed by atoms with Gasteiger partial charge in [-0.1, -0.05) is 6.92 Å². The van der Waals surface area contributed by atoms with Crippen molar-refractivity contribution in [2.75, 3.05) is 30.0 Å². The molecule has 0 fully saturated rings. The number of nitro groups is 1. The number of pyridine rings is 1. The highest BCUT2D eigenvalue weighted by Gasteiger charge is 2.20. The first kappa shape index (κ1) is 16.6. The molecular weight excluding hydrogens is 276 g/mol. The summed E-state index contributed by atoms with van der Waals surface area (Å²) in [7, 11) is 0. The highest BCUT2D eigenvalue weighted by atomic mass is 32.2. The molecule has 0 aliphatic heterocycles. The van der Waals surface area contributed by atoms with Crippen molar-refractivity contribution in [3.63, 3.8) is 0 Å². The van der Waals surface area contributed by atoms with E-state index in [1.54, 1.807) is 17.8 Å². The van der Waals surface area contributed by atoms with Crippen LogP contribution in [-0.2, 0) is 0 Å². The van der Waals surface area contributed by atoms with Gasteiger partial charge in [0.25, 0.3) is 0 Å². The summed E-state index contributed by atoms with van der Waals surface area (Å²) in [5.74, 6) is 0.972. The lowest BCUT2D eigenvalue weighted by Crippen LogP contribution is -2.26. The Morgan fingerprint density at radius 1 is 1.40 bits per heavy atom. The fourth-order valence-electron chi connectivity index (χ4n) is 1.45. The molecule has 0 unspecified atom stereocenters. The van der Waals surface area contributed by atoms with Gasteiger partial charge in [-0.25, -0.2) is 4.98 Å². The van der Waals surface area contributed by atoms with E-state index in [0.717, 1.165) is 13.0 Å². The molecule has 0 saturated carbocycles. The Labute approximate surface area is 123 Å². The van der Waals surface area contributed by atoms with Crippen LogP contribution >= 0.6 is 11.8 Å². The third kappa shape index (κ3) is 4.88. The molecule has 1 aromatic rings. The molecule has 0 bridgehead atoms. The lowest BCUT2D eigenvalue weighted by Gasteiger charge is -2.22. The van der Waals surface area contributed by atoms with E-state index < -0.39 is 4.92 Å². The molecule has 0 aliphatic carbocycles. The molecule has 0 aromatic carbocycles. The predicted octanol–water partition coefficient (Wildman–Crippen LogP) is 3.37. The maximum absolute atomic E-state index is 11.0. The van der Waals surface area contributed by atoms with E-state index in [-0.39, 0.29) is 10.4 Å². The van der Waals surface area contributed by atoms with Crippen LogP contribution in [0.15, 0.2) is 12.1 Å². The topological polar surface area (TPSA) is 80.1 Å². The predicted molar refractivity (Wildman–Crippen MR) is 85.8 cm³/mol. The van der Waals surface area contributed by atoms with Gasteiger partial charge in [0.05, 0.1) is 4.92 Å². The maximum atomic E-state index is 11.0. The molecule has 0 saturated heterocycles. The molecule has 1 heterocycles. The molecule has 6 nitrogen and oxygen atoms in total. The minimum Gasteiger partial charge on any atom is -0.370 e. The van der Waals surface area contributed by atoms with Crippen LogP contribution < -0.4 is 10.6 Å². The Hall–Kier alpha value is -1.50. The number of hydrogen-bond acceptors (Lipinski definition) is 6. The molecule has 1 aromatic heterocycles. The fourth-order valence-corrected chi connectivity index (χ4v) is 1.67. The number of aromatic nitrogens is 1. The number of nitrogens with zero attached hydrogens (tertiary/aromatic N) is 2. The third-order valence-electron chi connectivity index (χ3n) is 2.86. The number of rotatable bonds is 8. The van der Waals surface area contributed by atoms with E-state index >= 15 is 0 Å². The molecule has 2 N–H and O–H groups in total. The van der Waals surface area contributed by atoms with Crippen molar-refractivity contribution in [1.82, 2.24) is 4.98 Å². The van der Waals surface area contributed by atoms with E-state index in [9.17, 15) is 10.1 Å². The van der Waals surface area contributed by atoms with Crippen LogP contribution in [-0.4, -0.2) is 34.0 Å². The summed E-state index contributed by atoms with van der Waals surface area (Å²) in [6, 6.07) is 3.12. The van der Waals surface area contributed by atoms with Gasteiger partial charge in [0.1, 0.15) is 5.82 Å². The molecule has 7 heteroatoms. The Bertz CT molecular complexity index is 466. The first-order valence-corrected chi connectivity index (χ1v) is 7.80. The Kier molecular flexibility index (Phi) is 6.06. The van der Waals surface area contributed by atoms with Crippen molar-refractivity contribution in [3.05, 3.63) is 22.2 Å². The van der Waals surface area contributed by atoms with Crippen molar-refractivity contribution < 1.29 is 4.92 Å². The van der Waals surface area contributed by atoms with Crippen molar-refractivity contribution in [1.29, 1.82) is 0 Å². The summed E-state index contributed by atoms with van der Waals surface area (Å²) < 4.78 is -0.0115. The average Bonchev–Trinajstić information content (AvgIpc) is 2.42. The quantitative estimate of drug-likeness (QED) is 0.566. The summed E-state index contributed by atoms with van der Waals surface area (Å²) in [6.45, 7) is 7.61. The average molecular weight is 298 g/mol. The van der Waals surface area contributed by atoms with Crippen LogP contribution in [0.3, 0.4) is 0 Å². The zero-order valence-electron chi connectivity index (χ0n) is 12.4. The normalized spacial score (nSPS) is 11.2. The van der Waals surface area contributed by atoms with Crippen LogP contribution in [0.2, 0.25) is 0 Å². The first-order chi connectivity index (χ1) is 9.39. The molecule has 0 radical (unpaired) electrons. The fraction of sp³-hybridized carbons (Fsp3) is 0.615. The van der Waals surface area contributed by atoms with Crippen molar-refractivity contribution in [3.8, 4) is 0 Å². The van der Waals surface area contributed by atoms with Gasteiger partial charge in [0.15, 0.2) is 0 Å². The van der Waals surface area contributed by atoms with E-state index in [1.165, 1.54) is 6.07 Å². The smallest absolute Gasteiger partial charge is 0.311 e. The molecule has 20 heavy (non-hydrogen) atoms. The SMILES string of the molecule is CCCNc1ccc([N+](=O)[O-])c(NCC(C)(C)SC)n1. The van der Waals surface area contributed by atoms with Gasteiger partial charge in [-0.05, 0) is 32.6 Å². The standard InChI is InChI=1S/C13H22N4O2S/c1-5-8-14-11-7-6-10(17(18)19)12(16-11)15-9-13(2,3)20-4/h6-7H,5,8-9H2,1-4H3,(H2,14,15,16). The molecular formula is C13H22N4O2S. The minimum absolute atomic E-state index is 0.00366. The highest BCUT2D eigenvalue weighted by molar-refractivity contribution is 7.99. The number of nitrogens with one attached hydrogen (secondary N) is 2. The van der Waals surface area contributed by atoms with E-state index in [2.05, 4.69) is 36.4 Å². The molecule has 112 valence electrons. The number of hydrogen-bond donors (Lipinski definition) is 2. The molecule has 0 amide bonds. The molecule has 0 atom stereocenters. The zero-order valence-corrected chi connectivity index (χ0v) is 13.2. The van der Waals surface area contributed by atoms with Crippen LogP contribution in [0.25, 0.3) is 0 Å². The lowest BCUT2D eigenvalue weighted by molar-refractivity contribution is -0.384. The number of thioether (sulfide) groups is 1. The molecule has 0 spiro atoms. The van der Waals surface area contributed by atoms with Crippen LogP contribution in [0, 0.1) is 10.1 Å². The second kappa shape index (κ2) is 7.33. The Morgan fingerprint density at radius 3 is 2.65 bits per heavy atom. The van der Waals surface area contributed by atoms with Crippen LogP contribution in [0.5, 0.6) is 0 Å². The second-order valence-corrected chi connectivity index (χ2v) is 6.58. The van der Waals surface area contributed by atoms with Crippen LogP contribution in [0.1, 0.15) is 27.2 Å². The third-order valence-corrected chi connectivity index (χ3v) is 4.11. The van der Waals surface area contributed by atoms with Gasteiger partial charge in [0.2, 0.25) is 5.82 Å². The zero-order chi connectivity index (χ0) is 15.2. The summed E-state index contributed by atoms with van der Waals surface area (Å²) >= 11 is 1.70. The van der Waals surface area contributed by atoms with E-state index in [4.69, 9.17) is 0 Å². The van der Waals surface area contributed by atoms with Gasteiger partial charge < -0.3 is 10.6 Å². The van der Waals surface area contributed by atoms with Crippen molar-refractivity contribution >= 4 is 29.1 Å². The minimum atomic E-state index is -0.412. The van der Waals surface area contributed by atoms with Crippen LogP contribution in [0.4, 0.5) is 17.3 Å². The number of anilines is 2. The summed E-state index contributed by atoms with van der Waals surface area (Å²) in [4.78, 5) is 14.9. The van der Waals surface area contributed by atoms with Gasteiger partial charge >= 0.3 is 5.69 Å². The van der Waals surface area contributed by atoms with Gasteiger partial charge in [0, 0.05) is 23.9 Å². The van der Waals surface area contributed by atoms with Crippen molar-refractivity contribution in [2.45, 2.75) is 31.9 Å². The Morgan fingerprint density at radius 2 is 2.10 bits per heavy atom. The second-order valence-electron chi connectivity index (χ2n) is 5.07. The summed E-state index contributed by atoms with van der Waals surface area (Å²) in [6.07, 6.45) is 2.99. The van der Waals surface area contributed by atoms with Crippen molar-refractivity contribution in [2.24, 2.45) is 0 Å².